The third-order valence-electron chi connectivity index (χ3n) is 5.20. The van der Waals surface area contributed by atoms with E-state index in [9.17, 15) is 0 Å². The molecule has 0 aromatic carbocycles. The number of hydrogen-bond acceptors (Lipinski definition) is 3. The van der Waals surface area contributed by atoms with Gasteiger partial charge in [0.25, 0.3) is 0 Å². The van der Waals surface area contributed by atoms with E-state index in [4.69, 9.17) is 9.47 Å². The fourth-order valence-corrected chi connectivity index (χ4v) is 3.32. The molecule has 0 fully saturated rings. The molecule has 0 heterocycles. The Kier molecular flexibility index (Phi) is 23.8. The van der Waals surface area contributed by atoms with Crippen molar-refractivity contribution in [2.24, 2.45) is 0 Å². The van der Waals surface area contributed by atoms with Crippen LogP contribution in [0.2, 0.25) is 0 Å². The van der Waals surface area contributed by atoms with Crippen LogP contribution in [0.3, 0.4) is 0 Å². The van der Waals surface area contributed by atoms with Crippen LogP contribution in [0, 0.1) is 0 Å². The van der Waals surface area contributed by atoms with E-state index in [1.807, 2.05) is 0 Å². The molecule has 0 aliphatic carbocycles. The minimum atomic E-state index is 0.729. The van der Waals surface area contributed by atoms with Crippen molar-refractivity contribution >= 4 is 0 Å². The largest absolute Gasteiger partial charge is 0.379 e. The third kappa shape index (κ3) is 25.9. The highest BCUT2D eigenvalue weighted by molar-refractivity contribution is 4.50. The lowest BCUT2D eigenvalue weighted by Gasteiger charge is -2.10. The van der Waals surface area contributed by atoms with Gasteiger partial charge in [0.1, 0.15) is 0 Å². The molecule has 0 spiro atoms. The Morgan fingerprint density at radius 1 is 0.444 bits per heavy atom. The van der Waals surface area contributed by atoms with Gasteiger partial charge in [-0.25, -0.2) is 0 Å². The van der Waals surface area contributed by atoms with E-state index in [1.165, 1.54) is 103 Å². The Morgan fingerprint density at radius 2 is 0.815 bits per heavy atom. The summed E-state index contributed by atoms with van der Waals surface area (Å²) in [6, 6.07) is 0. The van der Waals surface area contributed by atoms with Crippen LogP contribution in [0.5, 0.6) is 0 Å². The van der Waals surface area contributed by atoms with Crippen LogP contribution in [0.1, 0.15) is 110 Å². The van der Waals surface area contributed by atoms with Crippen molar-refractivity contribution in [2.45, 2.75) is 110 Å². The Labute approximate surface area is 171 Å². The van der Waals surface area contributed by atoms with Crippen LogP contribution in [0.15, 0.2) is 0 Å². The van der Waals surface area contributed by atoms with Crippen molar-refractivity contribution in [3.8, 4) is 0 Å². The quantitative estimate of drug-likeness (QED) is 0.180. The van der Waals surface area contributed by atoms with E-state index in [2.05, 4.69) is 25.9 Å². The SMILES string of the molecule is CCCCCCCCCCCCCCCCCCOCCOCCN(C)C. The highest BCUT2D eigenvalue weighted by atomic mass is 16.5. The molecule has 164 valence electrons. The summed E-state index contributed by atoms with van der Waals surface area (Å²) < 4.78 is 11.1. The normalized spacial score (nSPS) is 11.6. The minimum Gasteiger partial charge on any atom is -0.379 e. The molecule has 0 saturated heterocycles. The lowest BCUT2D eigenvalue weighted by molar-refractivity contribution is 0.0414. The molecule has 0 saturated carbocycles. The van der Waals surface area contributed by atoms with Gasteiger partial charge in [-0.15, -0.1) is 0 Å². The highest BCUT2D eigenvalue weighted by Crippen LogP contribution is 2.13. The van der Waals surface area contributed by atoms with E-state index in [1.54, 1.807) is 0 Å². The van der Waals surface area contributed by atoms with E-state index < -0.39 is 0 Å². The zero-order chi connectivity index (χ0) is 19.8. The first kappa shape index (κ1) is 26.9. The molecule has 0 aliphatic heterocycles. The van der Waals surface area contributed by atoms with Gasteiger partial charge in [0, 0.05) is 13.2 Å². The molecule has 0 bridgehead atoms. The lowest BCUT2D eigenvalue weighted by atomic mass is 10.0. The highest BCUT2D eigenvalue weighted by Gasteiger charge is 1.95. The maximum Gasteiger partial charge on any atom is 0.0701 e. The maximum atomic E-state index is 5.62. The van der Waals surface area contributed by atoms with Gasteiger partial charge in [0.2, 0.25) is 0 Å². The van der Waals surface area contributed by atoms with Crippen LogP contribution in [0.25, 0.3) is 0 Å². The number of likely N-dealkylation sites (N-methyl/N-ethyl adjacent to an activating group) is 1. The van der Waals surface area contributed by atoms with E-state index in [-0.39, 0.29) is 0 Å². The molecule has 0 aromatic heterocycles. The Hall–Kier alpha value is -0.120. The molecule has 0 amide bonds. The molecule has 3 heteroatoms. The molecular weight excluding hydrogens is 334 g/mol. The van der Waals surface area contributed by atoms with Gasteiger partial charge in [0.15, 0.2) is 0 Å². The van der Waals surface area contributed by atoms with E-state index in [0.29, 0.717) is 0 Å². The number of nitrogens with zero attached hydrogens (tertiary/aromatic N) is 1. The molecule has 27 heavy (non-hydrogen) atoms. The van der Waals surface area contributed by atoms with Crippen LogP contribution in [-0.2, 0) is 9.47 Å². The van der Waals surface area contributed by atoms with Crippen molar-refractivity contribution < 1.29 is 9.47 Å². The topological polar surface area (TPSA) is 21.7 Å². The van der Waals surface area contributed by atoms with Gasteiger partial charge in [-0.05, 0) is 20.5 Å². The molecule has 3 nitrogen and oxygen atoms in total. The van der Waals surface area contributed by atoms with Crippen LogP contribution in [-0.4, -0.2) is 52.0 Å². The molecule has 0 N–H and O–H groups in total. The summed E-state index contributed by atoms with van der Waals surface area (Å²) in [7, 11) is 4.13. The Bertz CT molecular complexity index is 259. The fourth-order valence-electron chi connectivity index (χ4n) is 3.32. The molecular formula is C24H51NO2. The smallest absolute Gasteiger partial charge is 0.0701 e. The molecule has 0 rings (SSSR count). The Balaban J connectivity index is 2.97. The van der Waals surface area contributed by atoms with Crippen molar-refractivity contribution in [1.82, 2.24) is 4.90 Å². The monoisotopic (exact) mass is 385 g/mol. The number of unbranched alkanes of at least 4 members (excludes halogenated alkanes) is 15. The predicted octanol–water partition coefficient (Wildman–Crippen LogP) is 6.84. The summed E-state index contributed by atoms with van der Waals surface area (Å²) in [4.78, 5) is 2.14. The van der Waals surface area contributed by atoms with Crippen molar-refractivity contribution in [3.05, 3.63) is 0 Å². The minimum absolute atomic E-state index is 0.729. The molecule has 0 aliphatic rings. The van der Waals surface area contributed by atoms with E-state index >= 15 is 0 Å². The van der Waals surface area contributed by atoms with Crippen LogP contribution >= 0.6 is 0 Å². The van der Waals surface area contributed by atoms with Gasteiger partial charge in [-0.2, -0.15) is 0 Å². The van der Waals surface area contributed by atoms with Gasteiger partial charge >= 0.3 is 0 Å². The second-order valence-electron chi connectivity index (χ2n) is 8.33. The zero-order valence-electron chi connectivity index (χ0n) is 19.1. The first-order valence-corrected chi connectivity index (χ1v) is 12.1. The average molecular weight is 386 g/mol. The lowest BCUT2D eigenvalue weighted by Crippen LogP contribution is -2.19. The van der Waals surface area contributed by atoms with Gasteiger partial charge in [-0.3, -0.25) is 0 Å². The number of rotatable bonds is 23. The predicted molar refractivity (Wildman–Crippen MR) is 120 cm³/mol. The van der Waals surface area contributed by atoms with Gasteiger partial charge in [0.05, 0.1) is 19.8 Å². The molecule has 0 atom stereocenters. The summed E-state index contributed by atoms with van der Waals surface area (Å²) in [5.74, 6) is 0. The summed E-state index contributed by atoms with van der Waals surface area (Å²) in [6.07, 6.45) is 22.7. The summed E-state index contributed by atoms with van der Waals surface area (Å²) in [6.45, 7) is 6.45. The molecule has 0 aromatic rings. The second kappa shape index (κ2) is 23.9. The first-order valence-electron chi connectivity index (χ1n) is 12.1. The van der Waals surface area contributed by atoms with Gasteiger partial charge in [-0.1, -0.05) is 103 Å². The molecule has 0 unspecified atom stereocenters. The number of hydrogen-bond donors (Lipinski definition) is 0. The summed E-state index contributed by atoms with van der Waals surface area (Å²) in [5.41, 5.74) is 0. The van der Waals surface area contributed by atoms with Gasteiger partial charge < -0.3 is 14.4 Å². The zero-order valence-corrected chi connectivity index (χ0v) is 19.1. The van der Waals surface area contributed by atoms with Crippen LogP contribution in [0.4, 0.5) is 0 Å². The van der Waals surface area contributed by atoms with Crippen molar-refractivity contribution in [2.75, 3.05) is 47.1 Å². The fraction of sp³-hybridized carbons (Fsp3) is 1.00. The number of ether oxygens (including phenoxy) is 2. The second-order valence-corrected chi connectivity index (χ2v) is 8.33. The molecule has 0 radical (unpaired) electrons. The average Bonchev–Trinajstić information content (AvgIpc) is 2.65. The van der Waals surface area contributed by atoms with E-state index in [0.717, 1.165) is 33.0 Å². The van der Waals surface area contributed by atoms with Crippen molar-refractivity contribution in [1.29, 1.82) is 0 Å². The summed E-state index contributed by atoms with van der Waals surface area (Å²) >= 11 is 0. The maximum absolute atomic E-state index is 5.62. The van der Waals surface area contributed by atoms with Crippen molar-refractivity contribution in [3.63, 3.8) is 0 Å². The standard InChI is InChI=1S/C24H51NO2/c1-4-5-6-7-8-9-10-11-12-13-14-15-16-17-18-19-21-26-23-24-27-22-20-25(2)3/h4-24H2,1-3H3. The first-order chi connectivity index (χ1) is 13.3. The summed E-state index contributed by atoms with van der Waals surface area (Å²) in [5, 5.41) is 0. The third-order valence-corrected chi connectivity index (χ3v) is 5.20. The Morgan fingerprint density at radius 3 is 1.22 bits per heavy atom. The van der Waals surface area contributed by atoms with Crippen LogP contribution < -0.4 is 0 Å².